The van der Waals surface area contributed by atoms with Crippen molar-refractivity contribution in [2.24, 2.45) is 11.8 Å². The highest BCUT2D eigenvalue weighted by Gasteiger charge is 2.32. The molecule has 0 bridgehead atoms. The summed E-state index contributed by atoms with van der Waals surface area (Å²) in [4.78, 5) is 20.3. The number of hydrogen-bond donors (Lipinski definition) is 1. The Hall–Kier alpha value is -1.21. The van der Waals surface area contributed by atoms with Gasteiger partial charge in [-0.1, -0.05) is 0 Å². The minimum Gasteiger partial charge on any atom is -0.338 e. The minimum atomic E-state index is -0.266. The SMILES string of the molecule is Cc1nc(-c2ccc(F)cc2)sc1C(=O)N1CC[C@@H]2CNC[C@@H]2CC1.Cl.Cl. The number of carbonyl (C=O) groups is 1. The predicted octanol–water partition coefficient (Wildman–Crippen LogP) is 4.17. The van der Waals surface area contributed by atoms with Crippen molar-refractivity contribution in [3.8, 4) is 10.6 Å². The number of nitrogens with zero attached hydrogens (tertiary/aromatic N) is 2. The summed E-state index contributed by atoms with van der Waals surface area (Å²) in [5.74, 6) is 1.24. The monoisotopic (exact) mass is 431 g/mol. The highest BCUT2D eigenvalue weighted by molar-refractivity contribution is 7.17. The molecule has 8 heteroatoms. The van der Waals surface area contributed by atoms with Crippen LogP contribution in [0.15, 0.2) is 24.3 Å². The molecule has 1 N–H and O–H groups in total. The quantitative estimate of drug-likeness (QED) is 0.775. The first-order valence-corrected chi connectivity index (χ1v) is 9.67. The number of rotatable bonds is 2. The fraction of sp³-hybridized carbons (Fsp3) is 0.474. The van der Waals surface area contributed by atoms with Gasteiger partial charge in [-0.3, -0.25) is 4.79 Å². The zero-order chi connectivity index (χ0) is 17.4. The molecular formula is C19H24Cl2FN3OS. The summed E-state index contributed by atoms with van der Waals surface area (Å²) in [7, 11) is 0. The van der Waals surface area contributed by atoms with Crippen molar-refractivity contribution in [3.05, 3.63) is 40.7 Å². The molecule has 1 aromatic heterocycles. The Morgan fingerprint density at radius 3 is 2.33 bits per heavy atom. The zero-order valence-electron chi connectivity index (χ0n) is 15.1. The summed E-state index contributed by atoms with van der Waals surface area (Å²) in [6.07, 6.45) is 2.15. The number of likely N-dealkylation sites (tertiary alicyclic amines) is 1. The van der Waals surface area contributed by atoms with Gasteiger partial charge in [-0.15, -0.1) is 36.2 Å². The number of thiazole rings is 1. The Morgan fingerprint density at radius 2 is 1.74 bits per heavy atom. The molecule has 2 fully saturated rings. The van der Waals surface area contributed by atoms with Crippen molar-refractivity contribution in [2.45, 2.75) is 19.8 Å². The zero-order valence-corrected chi connectivity index (χ0v) is 17.6. The molecule has 2 aliphatic rings. The largest absolute Gasteiger partial charge is 0.338 e. The second-order valence-corrected chi connectivity index (χ2v) is 7.99. The maximum atomic E-state index is 13.1. The molecule has 2 aromatic rings. The number of aryl methyl sites for hydroxylation is 1. The van der Waals surface area contributed by atoms with E-state index in [-0.39, 0.29) is 36.5 Å². The van der Waals surface area contributed by atoms with Gasteiger partial charge >= 0.3 is 0 Å². The van der Waals surface area contributed by atoms with E-state index in [4.69, 9.17) is 0 Å². The molecule has 148 valence electrons. The number of carbonyl (C=O) groups excluding carboxylic acids is 1. The van der Waals surface area contributed by atoms with E-state index in [0.717, 1.165) is 55.3 Å². The lowest BCUT2D eigenvalue weighted by Gasteiger charge is -2.20. The molecule has 0 saturated carbocycles. The lowest BCUT2D eigenvalue weighted by Crippen LogP contribution is -2.32. The van der Waals surface area contributed by atoms with E-state index in [9.17, 15) is 9.18 Å². The van der Waals surface area contributed by atoms with Crippen LogP contribution in [0.4, 0.5) is 4.39 Å². The van der Waals surface area contributed by atoms with Crippen LogP contribution in [0.25, 0.3) is 10.6 Å². The van der Waals surface area contributed by atoms with Gasteiger partial charge in [0.25, 0.3) is 5.91 Å². The van der Waals surface area contributed by atoms with Crippen molar-refractivity contribution >= 4 is 42.1 Å². The number of amides is 1. The van der Waals surface area contributed by atoms with E-state index in [1.165, 1.54) is 23.5 Å². The second-order valence-electron chi connectivity index (χ2n) is 6.99. The van der Waals surface area contributed by atoms with Gasteiger partial charge in [-0.05, 0) is 69.0 Å². The molecule has 2 aliphatic heterocycles. The van der Waals surface area contributed by atoms with Gasteiger partial charge in [0.15, 0.2) is 0 Å². The number of fused-ring (bicyclic) bond motifs is 1. The van der Waals surface area contributed by atoms with Crippen LogP contribution in [-0.4, -0.2) is 42.0 Å². The molecule has 4 rings (SSSR count). The first-order chi connectivity index (χ1) is 12.1. The number of benzene rings is 1. The highest BCUT2D eigenvalue weighted by Crippen LogP contribution is 2.31. The molecule has 4 nitrogen and oxygen atoms in total. The van der Waals surface area contributed by atoms with Crippen LogP contribution < -0.4 is 5.32 Å². The number of halogens is 3. The second kappa shape index (κ2) is 9.32. The van der Waals surface area contributed by atoms with Crippen molar-refractivity contribution in [3.63, 3.8) is 0 Å². The molecule has 0 aliphatic carbocycles. The number of nitrogens with one attached hydrogen (secondary N) is 1. The van der Waals surface area contributed by atoms with Crippen LogP contribution in [0.2, 0.25) is 0 Å². The molecule has 3 heterocycles. The molecule has 0 radical (unpaired) electrons. The molecule has 1 aromatic carbocycles. The first kappa shape index (κ1) is 22.1. The first-order valence-electron chi connectivity index (χ1n) is 8.85. The van der Waals surface area contributed by atoms with Crippen LogP contribution in [0.1, 0.15) is 28.2 Å². The Bertz CT molecular complexity index is 770. The van der Waals surface area contributed by atoms with E-state index in [1.54, 1.807) is 12.1 Å². The van der Waals surface area contributed by atoms with Gasteiger partial charge in [-0.25, -0.2) is 9.37 Å². The molecule has 0 spiro atoms. The van der Waals surface area contributed by atoms with Crippen molar-refractivity contribution in [1.29, 1.82) is 0 Å². The van der Waals surface area contributed by atoms with Gasteiger partial charge in [0.1, 0.15) is 15.7 Å². The summed E-state index contributed by atoms with van der Waals surface area (Å²) in [5, 5.41) is 4.24. The molecule has 2 atom stereocenters. The third-order valence-corrected chi connectivity index (χ3v) is 6.58. The topological polar surface area (TPSA) is 45.2 Å². The van der Waals surface area contributed by atoms with Crippen LogP contribution in [-0.2, 0) is 0 Å². The summed E-state index contributed by atoms with van der Waals surface area (Å²) in [6, 6.07) is 6.27. The van der Waals surface area contributed by atoms with Gasteiger partial charge in [0, 0.05) is 18.7 Å². The van der Waals surface area contributed by atoms with Crippen molar-refractivity contribution in [1.82, 2.24) is 15.2 Å². The maximum Gasteiger partial charge on any atom is 0.265 e. The molecular weight excluding hydrogens is 408 g/mol. The van der Waals surface area contributed by atoms with Crippen LogP contribution in [0.3, 0.4) is 0 Å². The van der Waals surface area contributed by atoms with Crippen LogP contribution in [0.5, 0.6) is 0 Å². The Labute approximate surface area is 175 Å². The molecule has 2 saturated heterocycles. The summed E-state index contributed by atoms with van der Waals surface area (Å²) < 4.78 is 13.1. The van der Waals surface area contributed by atoms with E-state index in [2.05, 4.69) is 10.3 Å². The molecule has 0 unspecified atom stereocenters. The van der Waals surface area contributed by atoms with Crippen LogP contribution >= 0.6 is 36.2 Å². The van der Waals surface area contributed by atoms with E-state index in [1.807, 2.05) is 11.8 Å². The number of hydrogen-bond acceptors (Lipinski definition) is 4. The number of aromatic nitrogens is 1. The average Bonchev–Trinajstić information content (AvgIpc) is 3.16. The van der Waals surface area contributed by atoms with E-state index < -0.39 is 0 Å². The standard InChI is InChI=1S/C19H22FN3OS.2ClH/c1-12-17(25-18(22-12)13-2-4-16(20)5-3-13)19(24)23-8-6-14-10-21-11-15(14)7-9-23;;/h2-5,14-15,21H,6-11H2,1H3;2*1H/t14-,15+;;. The predicted molar refractivity (Wildman–Crippen MR) is 112 cm³/mol. The smallest absolute Gasteiger partial charge is 0.265 e. The summed E-state index contributed by atoms with van der Waals surface area (Å²) >= 11 is 1.41. The fourth-order valence-electron chi connectivity index (χ4n) is 3.88. The Balaban J connectivity index is 0.00000131. The lowest BCUT2D eigenvalue weighted by molar-refractivity contribution is 0.0762. The normalized spacial score (nSPS) is 21.6. The third kappa shape index (κ3) is 4.62. The minimum absolute atomic E-state index is 0. The third-order valence-electron chi connectivity index (χ3n) is 5.39. The summed E-state index contributed by atoms with van der Waals surface area (Å²) in [6.45, 7) is 5.70. The van der Waals surface area contributed by atoms with Crippen molar-refractivity contribution in [2.75, 3.05) is 26.2 Å². The fourth-order valence-corrected chi connectivity index (χ4v) is 4.92. The highest BCUT2D eigenvalue weighted by atomic mass is 35.5. The van der Waals surface area contributed by atoms with Gasteiger partial charge in [0.05, 0.1) is 5.69 Å². The maximum absolute atomic E-state index is 13.1. The Kier molecular flexibility index (Phi) is 7.63. The Morgan fingerprint density at radius 1 is 1.15 bits per heavy atom. The average molecular weight is 432 g/mol. The van der Waals surface area contributed by atoms with Gasteiger partial charge in [0.2, 0.25) is 0 Å². The van der Waals surface area contributed by atoms with Crippen LogP contribution in [0, 0.1) is 24.6 Å². The van der Waals surface area contributed by atoms with Crippen molar-refractivity contribution < 1.29 is 9.18 Å². The van der Waals surface area contributed by atoms with Gasteiger partial charge in [-0.2, -0.15) is 0 Å². The van der Waals surface area contributed by atoms with E-state index >= 15 is 0 Å². The van der Waals surface area contributed by atoms with E-state index in [0.29, 0.717) is 16.7 Å². The van der Waals surface area contributed by atoms with Gasteiger partial charge < -0.3 is 10.2 Å². The molecule has 1 amide bonds. The summed E-state index contributed by atoms with van der Waals surface area (Å²) in [5.41, 5.74) is 1.62. The lowest BCUT2D eigenvalue weighted by atomic mass is 9.92. The molecule has 27 heavy (non-hydrogen) atoms.